The summed E-state index contributed by atoms with van der Waals surface area (Å²) in [5.41, 5.74) is -0.911. The van der Waals surface area contributed by atoms with Crippen LogP contribution in [-0.2, 0) is 11.3 Å². The summed E-state index contributed by atoms with van der Waals surface area (Å²) in [5.74, 6) is -2.37. The Morgan fingerprint density at radius 2 is 1.57 bits per heavy atom. The lowest BCUT2D eigenvalue weighted by Gasteiger charge is -2.41. The Hall–Kier alpha value is -2.73. The highest BCUT2D eigenvalue weighted by Crippen LogP contribution is 2.43. The van der Waals surface area contributed by atoms with Crippen molar-refractivity contribution in [2.75, 3.05) is 6.61 Å². The molecular weight excluding hydrogens is 400 g/mol. The molecule has 0 spiro atoms. The van der Waals surface area contributed by atoms with E-state index in [0.29, 0.717) is 0 Å². The summed E-state index contributed by atoms with van der Waals surface area (Å²) in [6, 6.07) is 6.02. The summed E-state index contributed by atoms with van der Waals surface area (Å²) in [7, 11) is 0. The Morgan fingerprint density at radius 3 is 2.13 bits per heavy atom. The SMILES string of the molecule is O=C(c1ccc(O)cc1)c1c(O)cc(CO)c([C@@H]2OC(CO)[C@@H](O)[C@@H](O)C2O)c1O. The van der Waals surface area contributed by atoms with Crippen molar-refractivity contribution >= 4 is 5.78 Å². The van der Waals surface area contributed by atoms with Gasteiger partial charge in [0.2, 0.25) is 5.78 Å². The van der Waals surface area contributed by atoms with Crippen molar-refractivity contribution in [3.8, 4) is 17.2 Å². The monoisotopic (exact) mass is 422 g/mol. The Bertz CT molecular complexity index is 924. The van der Waals surface area contributed by atoms with Gasteiger partial charge in [0, 0.05) is 11.1 Å². The molecule has 3 rings (SSSR count). The molecule has 30 heavy (non-hydrogen) atoms. The number of hydrogen-bond donors (Lipinski definition) is 8. The lowest BCUT2D eigenvalue weighted by Crippen LogP contribution is -2.55. The second-order valence-corrected chi connectivity index (χ2v) is 6.98. The second-order valence-electron chi connectivity index (χ2n) is 6.98. The molecule has 0 radical (unpaired) electrons. The number of aliphatic hydroxyl groups excluding tert-OH is 5. The molecule has 8 N–H and O–H groups in total. The van der Waals surface area contributed by atoms with E-state index in [-0.39, 0.29) is 22.4 Å². The zero-order valence-corrected chi connectivity index (χ0v) is 15.6. The van der Waals surface area contributed by atoms with Gasteiger partial charge in [0.15, 0.2) is 0 Å². The number of carbonyl (C=O) groups is 1. The quantitative estimate of drug-likeness (QED) is 0.279. The van der Waals surface area contributed by atoms with Gasteiger partial charge in [0.25, 0.3) is 0 Å². The van der Waals surface area contributed by atoms with E-state index >= 15 is 0 Å². The van der Waals surface area contributed by atoms with Gasteiger partial charge in [0.05, 0.1) is 13.2 Å². The molecule has 0 saturated carbocycles. The third-order valence-corrected chi connectivity index (χ3v) is 5.11. The fourth-order valence-electron chi connectivity index (χ4n) is 3.49. The van der Waals surface area contributed by atoms with Crippen molar-refractivity contribution in [2.45, 2.75) is 37.1 Å². The van der Waals surface area contributed by atoms with Crippen LogP contribution in [0.5, 0.6) is 17.2 Å². The highest BCUT2D eigenvalue weighted by molar-refractivity contribution is 6.12. The molecule has 10 nitrogen and oxygen atoms in total. The number of ether oxygens (including phenoxy) is 1. The predicted molar refractivity (Wildman–Crippen MR) is 100.0 cm³/mol. The van der Waals surface area contributed by atoms with Gasteiger partial charge >= 0.3 is 0 Å². The summed E-state index contributed by atoms with van der Waals surface area (Å²) in [5, 5.41) is 79.9. The molecule has 1 saturated heterocycles. The number of phenols is 3. The number of phenolic OH excluding ortho intramolecular Hbond substituents is 3. The molecular formula is C20H22O10. The molecule has 2 unspecified atom stereocenters. The zero-order chi connectivity index (χ0) is 22.2. The lowest BCUT2D eigenvalue weighted by molar-refractivity contribution is -0.232. The fraction of sp³-hybridized carbons (Fsp3) is 0.350. The van der Waals surface area contributed by atoms with Gasteiger partial charge in [-0.2, -0.15) is 0 Å². The summed E-state index contributed by atoms with van der Waals surface area (Å²) >= 11 is 0. The van der Waals surface area contributed by atoms with Crippen LogP contribution in [0.25, 0.3) is 0 Å². The standard InChI is InChI=1S/C20H22O10/c21-6-9-5-11(24)14(15(25)8-1-3-10(23)4-2-8)17(27)13(9)20-19(29)18(28)16(26)12(7-22)30-20/h1-5,12,16,18-24,26-29H,6-7H2/t12?,16-,18-,19?,20+/m1/s1. The van der Waals surface area contributed by atoms with Crippen LogP contribution in [-0.4, -0.2) is 77.7 Å². The van der Waals surface area contributed by atoms with Crippen molar-refractivity contribution in [3.63, 3.8) is 0 Å². The molecule has 1 aliphatic heterocycles. The summed E-state index contributed by atoms with van der Waals surface area (Å²) in [6.45, 7) is -1.44. The third kappa shape index (κ3) is 3.72. The lowest BCUT2D eigenvalue weighted by atomic mass is 9.86. The van der Waals surface area contributed by atoms with Crippen LogP contribution in [0.4, 0.5) is 0 Å². The first-order chi connectivity index (χ1) is 14.2. The molecule has 0 amide bonds. The van der Waals surface area contributed by atoms with E-state index in [1.165, 1.54) is 24.3 Å². The average Bonchev–Trinajstić information content (AvgIpc) is 2.73. The van der Waals surface area contributed by atoms with E-state index < -0.39 is 66.6 Å². The first-order valence-corrected chi connectivity index (χ1v) is 9.04. The van der Waals surface area contributed by atoms with E-state index in [1.54, 1.807) is 0 Å². The zero-order valence-electron chi connectivity index (χ0n) is 15.6. The van der Waals surface area contributed by atoms with Crippen LogP contribution < -0.4 is 0 Å². The Labute approximate surface area is 170 Å². The summed E-state index contributed by atoms with van der Waals surface area (Å²) in [6.07, 6.45) is -7.99. The largest absolute Gasteiger partial charge is 0.508 e. The number of carbonyl (C=O) groups excluding carboxylic acids is 1. The van der Waals surface area contributed by atoms with E-state index in [1.807, 2.05) is 0 Å². The Morgan fingerprint density at radius 1 is 0.933 bits per heavy atom. The van der Waals surface area contributed by atoms with E-state index in [0.717, 1.165) is 6.07 Å². The number of aliphatic hydroxyl groups is 5. The highest BCUT2D eigenvalue weighted by Gasteiger charge is 2.46. The van der Waals surface area contributed by atoms with Crippen molar-refractivity contribution in [3.05, 3.63) is 52.6 Å². The number of ketones is 1. The van der Waals surface area contributed by atoms with Gasteiger partial charge in [-0.25, -0.2) is 0 Å². The van der Waals surface area contributed by atoms with Gasteiger partial charge in [0.1, 0.15) is 53.3 Å². The first-order valence-electron chi connectivity index (χ1n) is 9.04. The molecule has 2 aromatic rings. The van der Waals surface area contributed by atoms with E-state index in [9.17, 15) is 45.6 Å². The maximum atomic E-state index is 12.9. The van der Waals surface area contributed by atoms with Crippen LogP contribution in [0.15, 0.2) is 30.3 Å². The van der Waals surface area contributed by atoms with Crippen molar-refractivity contribution in [2.24, 2.45) is 0 Å². The number of benzene rings is 2. The predicted octanol–water partition coefficient (Wildman–Crippen LogP) is -0.958. The normalized spacial score (nSPS) is 26.5. The van der Waals surface area contributed by atoms with Gasteiger partial charge < -0.3 is 45.6 Å². The van der Waals surface area contributed by atoms with Crippen molar-refractivity contribution < 1.29 is 50.4 Å². The average molecular weight is 422 g/mol. The molecule has 2 aromatic carbocycles. The molecule has 5 atom stereocenters. The molecule has 1 fully saturated rings. The molecule has 0 bridgehead atoms. The van der Waals surface area contributed by atoms with Gasteiger partial charge in [-0.1, -0.05) is 0 Å². The van der Waals surface area contributed by atoms with Crippen LogP contribution in [0.3, 0.4) is 0 Å². The molecule has 1 heterocycles. The Kier molecular flexibility index (Phi) is 6.27. The number of rotatable bonds is 5. The number of hydrogen-bond acceptors (Lipinski definition) is 10. The maximum absolute atomic E-state index is 12.9. The third-order valence-electron chi connectivity index (χ3n) is 5.11. The molecule has 0 aromatic heterocycles. The van der Waals surface area contributed by atoms with Crippen LogP contribution in [0.2, 0.25) is 0 Å². The van der Waals surface area contributed by atoms with E-state index in [2.05, 4.69) is 0 Å². The van der Waals surface area contributed by atoms with Gasteiger partial charge in [-0.15, -0.1) is 0 Å². The fourth-order valence-corrected chi connectivity index (χ4v) is 3.49. The minimum absolute atomic E-state index is 0.0231. The minimum atomic E-state index is -1.78. The highest BCUT2D eigenvalue weighted by atomic mass is 16.5. The number of aromatic hydroxyl groups is 3. The van der Waals surface area contributed by atoms with Gasteiger partial charge in [-0.05, 0) is 35.9 Å². The van der Waals surface area contributed by atoms with Crippen LogP contribution >= 0.6 is 0 Å². The molecule has 10 heteroatoms. The van der Waals surface area contributed by atoms with Crippen molar-refractivity contribution in [1.82, 2.24) is 0 Å². The maximum Gasteiger partial charge on any atom is 0.200 e. The first kappa shape index (κ1) is 22.0. The smallest absolute Gasteiger partial charge is 0.200 e. The van der Waals surface area contributed by atoms with Gasteiger partial charge in [-0.3, -0.25) is 4.79 Å². The molecule has 162 valence electrons. The Balaban J connectivity index is 2.14. The summed E-state index contributed by atoms with van der Waals surface area (Å²) in [4.78, 5) is 12.9. The van der Waals surface area contributed by atoms with Crippen LogP contribution in [0.1, 0.15) is 33.2 Å². The minimum Gasteiger partial charge on any atom is -0.508 e. The second kappa shape index (κ2) is 8.56. The van der Waals surface area contributed by atoms with E-state index in [4.69, 9.17) is 4.74 Å². The molecule has 0 aliphatic carbocycles. The van der Waals surface area contributed by atoms with Crippen molar-refractivity contribution in [1.29, 1.82) is 0 Å². The molecule has 1 aliphatic rings. The van der Waals surface area contributed by atoms with Crippen LogP contribution in [0, 0.1) is 0 Å². The topological polar surface area (TPSA) is 188 Å². The summed E-state index contributed by atoms with van der Waals surface area (Å²) < 4.78 is 5.43.